The molecule has 0 bridgehead atoms. The molecule has 0 unspecified atom stereocenters. The lowest BCUT2D eigenvalue weighted by Gasteiger charge is -2.36. The monoisotopic (exact) mass is 422 g/mol. The van der Waals surface area contributed by atoms with Crippen LogP contribution >= 0.6 is 0 Å². The summed E-state index contributed by atoms with van der Waals surface area (Å²) in [7, 11) is -2.45. The molecule has 1 aliphatic rings. The third-order valence-electron chi connectivity index (χ3n) is 5.13. The highest BCUT2D eigenvalue weighted by atomic mass is 32.2. The van der Waals surface area contributed by atoms with Crippen LogP contribution in [0, 0.1) is 0 Å². The highest BCUT2D eigenvalue weighted by Gasteiger charge is 2.42. The maximum absolute atomic E-state index is 13.5. The van der Waals surface area contributed by atoms with Gasteiger partial charge in [-0.1, -0.05) is 43.3 Å². The Hall–Kier alpha value is -3.32. The molecule has 0 atom stereocenters. The van der Waals surface area contributed by atoms with Crippen molar-refractivity contribution in [2.24, 2.45) is 0 Å². The van der Waals surface area contributed by atoms with Gasteiger partial charge < -0.3 is 4.74 Å². The number of carbonyl (C=O) groups excluding carboxylic acids is 1. The second-order valence-corrected chi connectivity index (χ2v) is 8.73. The summed E-state index contributed by atoms with van der Waals surface area (Å²) in [5, 5.41) is 0. The van der Waals surface area contributed by atoms with E-state index in [1.165, 1.54) is 11.0 Å². The van der Waals surface area contributed by atoms with Gasteiger partial charge in [0.05, 0.1) is 25.0 Å². The minimum atomic E-state index is -4.03. The molecule has 4 rings (SSSR count). The Morgan fingerprint density at radius 2 is 1.63 bits per heavy atom. The van der Waals surface area contributed by atoms with Gasteiger partial charge in [-0.2, -0.15) is 4.31 Å². The Morgan fingerprint density at radius 3 is 2.33 bits per heavy atom. The van der Waals surface area contributed by atoms with Crippen molar-refractivity contribution in [3.05, 3.63) is 83.9 Å². The Labute approximate surface area is 176 Å². The van der Waals surface area contributed by atoms with Crippen molar-refractivity contribution in [3.63, 3.8) is 0 Å². The first-order valence-corrected chi connectivity index (χ1v) is 11.1. The van der Waals surface area contributed by atoms with E-state index in [0.717, 1.165) is 21.9 Å². The minimum Gasteiger partial charge on any atom is -0.497 e. The van der Waals surface area contributed by atoms with Gasteiger partial charge in [0.1, 0.15) is 10.6 Å². The van der Waals surface area contributed by atoms with E-state index in [2.05, 4.69) is 0 Å². The van der Waals surface area contributed by atoms with Crippen LogP contribution in [-0.2, 0) is 23.0 Å². The third kappa shape index (κ3) is 3.41. The van der Waals surface area contributed by atoms with Gasteiger partial charge in [-0.25, -0.2) is 13.2 Å². The molecular weight excluding hydrogens is 400 g/mol. The van der Waals surface area contributed by atoms with Crippen molar-refractivity contribution >= 4 is 27.4 Å². The molecule has 1 aliphatic heterocycles. The van der Waals surface area contributed by atoms with Crippen molar-refractivity contribution in [2.75, 3.05) is 16.3 Å². The van der Waals surface area contributed by atoms with Crippen LogP contribution < -0.4 is 13.9 Å². The Kier molecular flexibility index (Phi) is 5.22. The molecule has 154 valence electrons. The Bertz CT molecular complexity index is 1190. The Morgan fingerprint density at radius 1 is 0.900 bits per heavy atom. The Balaban J connectivity index is 1.82. The van der Waals surface area contributed by atoms with Gasteiger partial charge in [0.15, 0.2) is 0 Å². The van der Waals surface area contributed by atoms with Crippen LogP contribution in [0.3, 0.4) is 0 Å². The summed E-state index contributed by atoms with van der Waals surface area (Å²) < 4.78 is 32.8. The molecule has 0 saturated carbocycles. The minimum absolute atomic E-state index is 0.104. The van der Waals surface area contributed by atoms with Crippen molar-refractivity contribution in [2.45, 2.75) is 24.8 Å². The number of carbonyl (C=O) groups is 1. The topological polar surface area (TPSA) is 66.9 Å². The largest absolute Gasteiger partial charge is 0.497 e. The molecule has 0 radical (unpaired) electrons. The maximum Gasteiger partial charge on any atom is 0.343 e. The van der Waals surface area contributed by atoms with E-state index in [-0.39, 0.29) is 11.4 Å². The maximum atomic E-state index is 13.5. The van der Waals surface area contributed by atoms with Gasteiger partial charge in [-0.3, -0.25) is 4.90 Å². The molecule has 0 spiro atoms. The lowest BCUT2D eigenvalue weighted by Crippen LogP contribution is -2.50. The first kappa shape index (κ1) is 20.0. The number of nitrogens with zero attached hydrogens (tertiary/aromatic N) is 2. The SMILES string of the molecule is CCc1ccc(N2C(=O)N(Cc3cccc(OC)c3)c3ccccc3S2(=O)=O)cc1. The zero-order valence-corrected chi connectivity index (χ0v) is 17.6. The van der Waals surface area contributed by atoms with Gasteiger partial charge in [-0.05, 0) is 53.9 Å². The number of aryl methyl sites for hydroxylation is 1. The summed E-state index contributed by atoms with van der Waals surface area (Å²) in [5.41, 5.74) is 2.58. The zero-order chi connectivity index (χ0) is 21.3. The van der Waals surface area contributed by atoms with Gasteiger partial charge in [-0.15, -0.1) is 0 Å². The lowest BCUT2D eigenvalue weighted by atomic mass is 10.1. The van der Waals surface area contributed by atoms with Crippen LogP contribution in [0.2, 0.25) is 0 Å². The molecule has 3 aromatic rings. The van der Waals surface area contributed by atoms with Crippen molar-refractivity contribution in [1.29, 1.82) is 0 Å². The molecule has 0 N–H and O–H groups in total. The molecule has 0 saturated heterocycles. The van der Waals surface area contributed by atoms with E-state index in [1.54, 1.807) is 37.4 Å². The summed E-state index contributed by atoms with van der Waals surface area (Å²) in [4.78, 5) is 15.0. The van der Waals surface area contributed by atoms with E-state index in [9.17, 15) is 13.2 Å². The number of hydrogen-bond donors (Lipinski definition) is 0. The normalized spacial score (nSPS) is 15.1. The van der Waals surface area contributed by atoms with Crippen molar-refractivity contribution in [1.82, 2.24) is 0 Å². The van der Waals surface area contributed by atoms with Gasteiger partial charge >= 0.3 is 6.03 Å². The molecule has 3 aromatic carbocycles. The van der Waals surface area contributed by atoms with E-state index >= 15 is 0 Å². The fourth-order valence-corrected chi connectivity index (χ4v) is 5.13. The van der Waals surface area contributed by atoms with Gasteiger partial charge in [0, 0.05) is 0 Å². The molecule has 6 nitrogen and oxygen atoms in total. The van der Waals surface area contributed by atoms with Crippen LogP contribution in [0.5, 0.6) is 5.75 Å². The smallest absolute Gasteiger partial charge is 0.343 e. The lowest BCUT2D eigenvalue weighted by molar-refractivity contribution is 0.253. The molecule has 0 fully saturated rings. The van der Waals surface area contributed by atoms with Gasteiger partial charge in [0.2, 0.25) is 0 Å². The van der Waals surface area contributed by atoms with Crippen LogP contribution in [0.15, 0.2) is 77.7 Å². The second kappa shape index (κ2) is 7.84. The number of ether oxygens (including phenoxy) is 1. The average Bonchev–Trinajstić information content (AvgIpc) is 2.77. The summed E-state index contributed by atoms with van der Waals surface area (Å²) in [6, 6.07) is 20.4. The fourth-order valence-electron chi connectivity index (χ4n) is 3.53. The van der Waals surface area contributed by atoms with Crippen LogP contribution in [0.25, 0.3) is 0 Å². The number of amides is 2. The summed E-state index contributed by atoms with van der Waals surface area (Å²) in [6.07, 6.45) is 0.825. The number of benzene rings is 3. The van der Waals surface area contributed by atoms with E-state index in [1.807, 2.05) is 43.3 Å². The van der Waals surface area contributed by atoms with E-state index in [0.29, 0.717) is 17.1 Å². The third-order valence-corrected chi connectivity index (χ3v) is 6.88. The number of methoxy groups -OCH3 is 1. The first-order valence-electron chi connectivity index (χ1n) is 9.63. The summed E-state index contributed by atoms with van der Waals surface area (Å²) >= 11 is 0. The molecule has 2 amide bonds. The predicted molar refractivity (Wildman–Crippen MR) is 116 cm³/mol. The summed E-state index contributed by atoms with van der Waals surface area (Å²) in [6.45, 7) is 2.23. The molecule has 30 heavy (non-hydrogen) atoms. The summed E-state index contributed by atoms with van der Waals surface area (Å²) in [5.74, 6) is 0.671. The van der Waals surface area contributed by atoms with E-state index in [4.69, 9.17) is 4.74 Å². The number of hydrogen-bond acceptors (Lipinski definition) is 4. The van der Waals surface area contributed by atoms with E-state index < -0.39 is 16.1 Å². The fraction of sp³-hybridized carbons (Fsp3) is 0.174. The number of para-hydroxylation sites is 1. The van der Waals surface area contributed by atoms with Crippen LogP contribution in [0.1, 0.15) is 18.1 Å². The molecule has 0 aliphatic carbocycles. The van der Waals surface area contributed by atoms with Gasteiger partial charge in [0.25, 0.3) is 10.0 Å². The molecular formula is C23H22N2O4S. The van der Waals surface area contributed by atoms with Crippen molar-refractivity contribution < 1.29 is 17.9 Å². The highest BCUT2D eigenvalue weighted by Crippen LogP contribution is 2.38. The average molecular weight is 423 g/mol. The van der Waals surface area contributed by atoms with Crippen LogP contribution in [-0.4, -0.2) is 21.6 Å². The van der Waals surface area contributed by atoms with Crippen LogP contribution in [0.4, 0.5) is 16.2 Å². The second-order valence-electron chi connectivity index (χ2n) is 6.98. The standard InChI is InChI=1S/C23H22N2O4S/c1-3-17-11-13-19(14-12-17)25-23(26)24(16-18-7-6-8-20(15-18)29-2)21-9-4-5-10-22(21)30(25,27)28/h4-15H,3,16H2,1-2H3. The highest BCUT2D eigenvalue weighted by molar-refractivity contribution is 7.94. The molecule has 1 heterocycles. The van der Waals surface area contributed by atoms with Crippen molar-refractivity contribution in [3.8, 4) is 5.75 Å². The number of fused-ring (bicyclic) bond motifs is 1. The number of urea groups is 1. The number of sulfonamides is 1. The number of anilines is 2. The quantitative estimate of drug-likeness (QED) is 0.603. The predicted octanol–water partition coefficient (Wildman–Crippen LogP) is 4.59. The molecule has 7 heteroatoms. The number of rotatable bonds is 5. The zero-order valence-electron chi connectivity index (χ0n) is 16.8. The first-order chi connectivity index (χ1) is 14.5. The molecule has 0 aromatic heterocycles.